The smallest absolute Gasteiger partial charge is 0.353 e. The number of hydrogen-bond donors (Lipinski definition) is 1. The molecular weight excluding hydrogens is 322 g/mol. The summed E-state index contributed by atoms with van der Waals surface area (Å²) in [5.74, 6) is -1.93. The van der Waals surface area contributed by atoms with Gasteiger partial charge in [0, 0.05) is 0 Å². The van der Waals surface area contributed by atoms with Crippen LogP contribution in [0.4, 0.5) is 0 Å². The molecule has 0 bridgehead atoms. The van der Waals surface area contributed by atoms with E-state index < -0.39 is 23.6 Å². The molecule has 0 saturated heterocycles. The van der Waals surface area contributed by atoms with E-state index in [2.05, 4.69) is 5.16 Å². The van der Waals surface area contributed by atoms with Crippen molar-refractivity contribution in [1.29, 1.82) is 0 Å². The monoisotopic (exact) mass is 341 g/mol. The van der Waals surface area contributed by atoms with Crippen molar-refractivity contribution in [3.05, 3.63) is 71.8 Å². The van der Waals surface area contributed by atoms with Crippen molar-refractivity contribution in [3.8, 4) is 0 Å². The summed E-state index contributed by atoms with van der Waals surface area (Å²) in [6, 6.07) is 18.6. The first-order valence-corrected chi connectivity index (χ1v) is 7.65. The van der Waals surface area contributed by atoms with Crippen molar-refractivity contribution in [2.45, 2.75) is 25.6 Å². The highest BCUT2D eigenvalue weighted by molar-refractivity contribution is 6.21. The van der Waals surface area contributed by atoms with E-state index in [9.17, 15) is 9.59 Å². The minimum Gasteiger partial charge on any atom is -0.477 e. The van der Waals surface area contributed by atoms with Crippen molar-refractivity contribution >= 4 is 18.2 Å². The van der Waals surface area contributed by atoms with Gasteiger partial charge in [0.25, 0.3) is 0 Å². The van der Waals surface area contributed by atoms with Crippen molar-refractivity contribution in [1.82, 2.24) is 0 Å². The van der Waals surface area contributed by atoms with Gasteiger partial charge in [0.2, 0.25) is 5.60 Å². The lowest BCUT2D eigenvalue weighted by Gasteiger charge is -2.25. The average Bonchev–Trinajstić information content (AvgIpc) is 2.60. The predicted octanol–water partition coefficient (Wildman–Crippen LogP) is 3.18. The van der Waals surface area contributed by atoms with Crippen LogP contribution in [0, 0.1) is 0 Å². The van der Waals surface area contributed by atoms with Crippen LogP contribution in [0.5, 0.6) is 0 Å². The van der Waals surface area contributed by atoms with Gasteiger partial charge in [-0.1, -0.05) is 65.8 Å². The van der Waals surface area contributed by atoms with Gasteiger partial charge in [-0.2, -0.15) is 0 Å². The summed E-state index contributed by atoms with van der Waals surface area (Å²) in [7, 11) is 0. The number of esters is 1. The fourth-order valence-corrected chi connectivity index (χ4v) is 2.07. The largest absolute Gasteiger partial charge is 0.477 e. The van der Waals surface area contributed by atoms with Gasteiger partial charge in [-0.15, -0.1) is 0 Å². The minimum absolute atomic E-state index is 0.570. The molecule has 6 nitrogen and oxygen atoms in total. The van der Waals surface area contributed by atoms with Crippen LogP contribution in [-0.4, -0.2) is 28.9 Å². The van der Waals surface area contributed by atoms with Gasteiger partial charge < -0.3 is 14.7 Å². The average molecular weight is 341 g/mol. The van der Waals surface area contributed by atoms with E-state index in [1.807, 2.05) is 60.7 Å². The van der Waals surface area contributed by atoms with Crippen molar-refractivity contribution in [3.63, 3.8) is 0 Å². The van der Waals surface area contributed by atoms with Crippen LogP contribution in [0.25, 0.3) is 0 Å². The fraction of sp³-hybridized carbons (Fsp3) is 0.211. The second-order valence-corrected chi connectivity index (χ2v) is 5.78. The summed E-state index contributed by atoms with van der Waals surface area (Å²) < 4.78 is 5.66. The van der Waals surface area contributed by atoms with Crippen LogP contribution < -0.4 is 0 Å². The second kappa shape index (κ2) is 8.10. The molecule has 0 heterocycles. The Bertz CT molecular complexity index is 701. The Morgan fingerprint density at radius 1 is 1.00 bits per heavy atom. The summed E-state index contributed by atoms with van der Waals surface area (Å²) in [5.41, 5.74) is 0.187. The SMILES string of the molecule is CC(C)(O/N=C/C(=O)O)C(=O)OC(c1ccccc1)c1ccccc1. The molecule has 0 spiro atoms. The molecule has 25 heavy (non-hydrogen) atoms. The number of benzene rings is 2. The zero-order valence-electron chi connectivity index (χ0n) is 14.0. The summed E-state index contributed by atoms with van der Waals surface area (Å²) in [5, 5.41) is 11.8. The zero-order chi connectivity index (χ0) is 18.3. The van der Waals surface area contributed by atoms with Gasteiger partial charge in [-0.25, -0.2) is 9.59 Å². The van der Waals surface area contributed by atoms with E-state index in [4.69, 9.17) is 14.7 Å². The minimum atomic E-state index is -1.44. The molecule has 0 aromatic heterocycles. The number of oxime groups is 1. The highest BCUT2D eigenvalue weighted by Crippen LogP contribution is 2.28. The number of ether oxygens (including phenoxy) is 1. The van der Waals surface area contributed by atoms with E-state index in [0.29, 0.717) is 6.21 Å². The standard InChI is InChI=1S/C19H19NO5/c1-19(2,25-20-13-16(21)22)18(23)24-17(14-9-5-3-6-10-14)15-11-7-4-8-12-15/h3-13,17H,1-2H3,(H,21,22)/b20-13+. The molecule has 0 aliphatic carbocycles. The van der Waals surface area contributed by atoms with Crippen LogP contribution in [0.15, 0.2) is 65.8 Å². The van der Waals surface area contributed by atoms with Crippen molar-refractivity contribution < 1.29 is 24.3 Å². The van der Waals surface area contributed by atoms with Gasteiger partial charge in [0.1, 0.15) is 0 Å². The molecule has 0 amide bonds. The van der Waals surface area contributed by atoms with E-state index in [1.165, 1.54) is 13.8 Å². The third-order valence-corrected chi connectivity index (χ3v) is 3.37. The Labute approximate surface area is 145 Å². The van der Waals surface area contributed by atoms with Crippen LogP contribution in [0.1, 0.15) is 31.1 Å². The maximum absolute atomic E-state index is 12.5. The number of carboxylic acid groups (broad SMARTS) is 1. The van der Waals surface area contributed by atoms with Gasteiger partial charge in [0.15, 0.2) is 12.3 Å². The first-order chi connectivity index (χ1) is 11.9. The highest BCUT2D eigenvalue weighted by atomic mass is 16.7. The lowest BCUT2D eigenvalue weighted by molar-refractivity contribution is -0.172. The van der Waals surface area contributed by atoms with Gasteiger partial charge >= 0.3 is 11.9 Å². The molecule has 6 heteroatoms. The lowest BCUT2D eigenvalue weighted by atomic mass is 10.0. The lowest BCUT2D eigenvalue weighted by Crippen LogP contribution is -2.36. The summed E-state index contributed by atoms with van der Waals surface area (Å²) in [4.78, 5) is 28.0. The number of hydrogen-bond acceptors (Lipinski definition) is 5. The Kier molecular flexibility index (Phi) is 5.89. The Hall–Kier alpha value is -3.15. The number of nitrogens with zero attached hydrogens (tertiary/aromatic N) is 1. The molecule has 2 aromatic rings. The number of rotatable bonds is 7. The topological polar surface area (TPSA) is 85.2 Å². The first kappa shape index (κ1) is 18.2. The summed E-state index contributed by atoms with van der Waals surface area (Å²) in [6.07, 6.45) is -0.0396. The number of carbonyl (C=O) groups is 2. The first-order valence-electron chi connectivity index (χ1n) is 7.65. The molecule has 0 saturated carbocycles. The van der Waals surface area contributed by atoms with Crippen LogP contribution in [-0.2, 0) is 19.2 Å². The maximum Gasteiger partial charge on any atom is 0.353 e. The van der Waals surface area contributed by atoms with E-state index in [-0.39, 0.29) is 0 Å². The van der Waals surface area contributed by atoms with Crippen LogP contribution in [0.2, 0.25) is 0 Å². The van der Waals surface area contributed by atoms with Crippen LogP contribution >= 0.6 is 0 Å². The van der Waals surface area contributed by atoms with E-state index in [0.717, 1.165) is 11.1 Å². The molecule has 0 atom stereocenters. The maximum atomic E-state index is 12.5. The Balaban J connectivity index is 2.22. The Morgan fingerprint density at radius 2 is 1.48 bits per heavy atom. The third-order valence-electron chi connectivity index (χ3n) is 3.37. The van der Waals surface area contributed by atoms with E-state index in [1.54, 1.807) is 0 Å². The number of carboxylic acids is 1. The molecular formula is C19H19NO5. The summed E-state index contributed by atoms with van der Waals surface area (Å²) in [6.45, 7) is 2.92. The zero-order valence-corrected chi connectivity index (χ0v) is 14.0. The molecule has 2 aromatic carbocycles. The molecule has 1 N–H and O–H groups in total. The second-order valence-electron chi connectivity index (χ2n) is 5.78. The fourth-order valence-electron chi connectivity index (χ4n) is 2.07. The molecule has 0 fully saturated rings. The highest BCUT2D eigenvalue weighted by Gasteiger charge is 2.35. The molecule has 0 aliphatic heterocycles. The molecule has 130 valence electrons. The number of carbonyl (C=O) groups excluding carboxylic acids is 1. The van der Waals surface area contributed by atoms with Gasteiger partial charge in [-0.05, 0) is 25.0 Å². The van der Waals surface area contributed by atoms with E-state index >= 15 is 0 Å². The van der Waals surface area contributed by atoms with Crippen LogP contribution in [0.3, 0.4) is 0 Å². The van der Waals surface area contributed by atoms with Crippen molar-refractivity contribution in [2.24, 2.45) is 5.16 Å². The van der Waals surface area contributed by atoms with Gasteiger partial charge in [-0.3, -0.25) is 0 Å². The molecule has 0 unspecified atom stereocenters. The normalized spacial score (nSPS) is 11.5. The molecule has 0 aliphatic rings. The quantitative estimate of drug-likeness (QED) is 0.475. The Morgan fingerprint density at radius 3 is 1.92 bits per heavy atom. The summed E-state index contributed by atoms with van der Waals surface area (Å²) >= 11 is 0. The molecule has 2 rings (SSSR count). The van der Waals surface area contributed by atoms with Crippen molar-refractivity contribution in [2.75, 3.05) is 0 Å². The predicted molar refractivity (Wildman–Crippen MR) is 92.1 cm³/mol. The number of aliphatic carboxylic acids is 1. The molecule has 0 radical (unpaired) electrons. The third kappa shape index (κ3) is 5.17. The van der Waals surface area contributed by atoms with Gasteiger partial charge in [0.05, 0.1) is 0 Å².